The molecule has 0 aromatic carbocycles. The second-order valence-corrected chi connectivity index (χ2v) is 5.36. The zero-order valence-electron chi connectivity index (χ0n) is 13.6. The van der Waals surface area contributed by atoms with E-state index in [2.05, 4.69) is 41.2 Å². The van der Waals surface area contributed by atoms with Gasteiger partial charge >= 0.3 is 0 Å². The van der Waals surface area contributed by atoms with Crippen LogP contribution in [0.2, 0.25) is 0 Å². The lowest BCUT2D eigenvalue weighted by Crippen LogP contribution is -2.52. The van der Waals surface area contributed by atoms with Gasteiger partial charge in [-0.3, -0.25) is 9.67 Å². The monoisotopic (exact) mass is 314 g/mol. The smallest absolute Gasteiger partial charge is 0.194 e. The summed E-state index contributed by atoms with van der Waals surface area (Å²) in [5.41, 5.74) is 0. The number of rotatable bonds is 3. The number of nitrogens with zero attached hydrogens (tertiary/aromatic N) is 7. The molecule has 1 fully saturated rings. The number of hydrogen-bond donors (Lipinski definition) is 1. The number of nitrogens with one attached hydrogen (secondary N) is 1. The van der Waals surface area contributed by atoms with Gasteiger partial charge in [0.1, 0.15) is 18.0 Å². The van der Waals surface area contributed by atoms with Crippen LogP contribution >= 0.6 is 0 Å². The van der Waals surface area contributed by atoms with Crippen molar-refractivity contribution >= 4 is 11.8 Å². The minimum Gasteiger partial charge on any atom is -0.353 e. The van der Waals surface area contributed by atoms with Crippen LogP contribution < -0.4 is 10.2 Å². The summed E-state index contributed by atoms with van der Waals surface area (Å²) >= 11 is 0. The zero-order chi connectivity index (χ0) is 16.1. The molecular formula is C15H22N8. The molecule has 1 N–H and O–H groups in total. The van der Waals surface area contributed by atoms with E-state index in [0.717, 1.165) is 43.8 Å². The first-order valence-electron chi connectivity index (χ1n) is 7.72. The van der Waals surface area contributed by atoms with Crippen LogP contribution in [0.3, 0.4) is 0 Å². The SMILES string of the molecule is CN=C(NCc1ncnn1C)N1CCN(c2ccccn2)CC1. The minimum atomic E-state index is 0.615. The molecule has 0 unspecified atom stereocenters. The van der Waals surface area contributed by atoms with E-state index in [0.29, 0.717) is 6.54 Å². The quantitative estimate of drug-likeness (QED) is 0.640. The molecular weight excluding hydrogens is 292 g/mol. The third kappa shape index (κ3) is 3.58. The summed E-state index contributed by atoms with van der Waals surface area (Å²) in [4.78, 5) is 17.6. The molecule has 0 radical (unpaired) electrons. The third-order valence-electron chi connectivity index (χ3n) is 3.97. The molecule has 0 atom stereocenters. The van der Waals surface area contributed by atoms with E-state index in [-0.39, 0.29) is 0 Å². The Morgan fingerprint density at radius 1 is 1.22 bits per heavy atom. The lowest BCUT2D eigenvalue weighted by molar-refractivity contribution is 0.370. The van der Waals surface area contributed by atoms with Crippen LogP contribution in [0.15, 0.2) is 35.7 Å². The number of hydrogen-bond acceptors (Lipinski definition) is 5. The summed E-state index contributed by atoms with van der Waals surface area (Å²) in [6.45, 7) is 4.30. The van der Waals surface area contributed by atoms with Gasteiger partial charge in [-0.2, -0.15) is 5.10 Å². The van der Waals surface area contributed by atoms with Crippen molar-refractivity contribution in [3.05, 3.63) is 36.5 Å². The third-order valence-corrected chi connectivity index (χ3v) is 3.97. The fourth-order valence-electron chi connectivity index (χ4n) is 2.66. The molecule has 1 aliphatic heterocycles. The fourth-order valence-corrected chi connectivity index (χ4v) is 2.66. The van der Waals surface area contributed by atoms with Crippen molar-refractivity contribution in [2.24, 2.45) is 12.0 Å². The molecule has 23 heavy (non-hydrogen) atoms. The molecule has 0 amide bonds. The van der Waals surface area contributed by atoms with E-state index in [9.17, 15) is 0 Å². The van der Waals surface area contributed by atoms with Gasteiger partial charge in [-0.25, -0.2) is 9.97 Å². The first-order valence-corrected chi connectivity index (χ1v) is 7.72. The number of pyridine rings is 1. The van der Waals surface area contributed by atoms with Crippen LogP contribution in [0.25, 0.3) is 0 Å². The van der Waals surface area contributed by atoms with E-state index in [4.69, 9.17) is 0 Å². The zero-order valence-corrected chi connectivity index (χ0v) is 13.6. The van der Waals surface area contributed by atoms with Crippen molar-refractivity contribution in [3.8, 4) is 0 Å². The van der Waals surface area contributed by atoms with Crippen LogP contribution in [0.1, 0.15) is 5.82 Å². The van der Waals surface area contributed by atoms with Crippen LogP contribution in [0, 0.1) is 0 Å². The number of aryl methyl sites for hydroxylation is 1. The van der Waals surface area contributed by atoms with Crippen LogP contribution in [0.5, 0.6) is 0 Å². The van der Waals surface area contributed by atoms with Crippen molar-refractivity contribution in [3.63, 3.8) is 0 Å². The number of aliphatic imine (C=N–C) groups is 1. The van der Waals surface area contributed by atoms with Crippen molar-refractivity contribution in [2.45, 2.75) is 6.54 Å². The Bertz CT molecular complexity index is 643. The molecule has 2 aromatic rings. The average Bonchev–Trinajstić information content (AvgIpc) is 3.02. The molecule has 1 aliphatic rings. The minimum absolute atomic E-state index is 0.615. The Kier molecular flexibility index (Phi) is 4.70. The highest BCUT2D eigenvalue weighted by Gasteiger charge is 2.20. The second-order valence-electron chi connectivity index (χ2n) is 5.36. The predicted molar refractivity (Wildman–Crippen MR) is 89.2 cm³/mol. The van der Waals surface area contributed by atoms with Gasteiger partial charge in [0.25, 0.3) is 0 Å². The molecule has 3 heterocycles. The maximum atomic E-state index is 4.42. The van der Waals surface area contributed by atoms with Gasteiger partial charge in [0, 0.05) is 46.5 Å². The number of anilines is 1. The van der Waals surface area contributed by atoms with Crippen molar-refractivity contribution in [1.82, 2.24) is 30.0 Å². The van der Waals surface area contributed by atoms with E-state index in [1.807, 2.05) is 32.4 Å². The first kappa shape index (κ1) is 15.3. The summed E-state index contributed by atoms with van der Waals surface area (Å²) in [6, 6.07) is 6.02. The van der Waals surface area contributed by atoms with Gasteiger partial charge in [-0.15, -0.1) is 0 Å². The van der Waals surface area contributed by atoms with Crippen molar-refractivity contribution in [1.29, 1.82) is 0 Å². The van der Waals surface area contributed by atoms with E-state index >= 15 is 0 Å². The lowest BCUT2D eigenvalue weighted by Gasteiger charge is -2.37. The molecule has 0 saturated carbocycles. The van der Waals surface area contributed by atoms with Gasteiger partial charge in [-0.1, -0.05) is 6.07 Å². The maximum absolute atomic E-state index is 4.42. The lowest BCUT2D eigenvalue weighted by atomic mass is 10.3. The van der Waals surface area contributed by atoms with Gasteiger partial charge in [0.05, 0.1) is 6.54 Å². The average molecular weight is 314 g/mol. The summed E-state index contributed by atoms with van der Waals surface area (Å²) in [5, 5.41) is 7.43. The summed E-state index contributed by atoms with van der Waals surface area (Å²) < 4.78 is 1.76. The molecule has 0 spiro atoms. The Hall–Kier alpha value is -2.64. The van der Waals surface area contributed by atoms with Crippen molar-refractivity contribution in [2.75, 3.05) is 38.1 Å². The van der Waals surface area contributed by atoms with Crippen LogP contribution in [0.4, 0.5) is 5.82 Å². The van der Waals surface area contributed by atoms with Gasteiger partial charge < -0.3 is 15.1 Å². The number of piperazine rings is 1. The largest absolute Gasteiger partial charge is 0.353 e. The fraction of sp³-hybridized carbons (Fsp3) is 0.467. The van der Waals surface area contributed by atoms with Crippen LogP contribution in [-0.4, -0.2) is 63.8 Å². The standard InChI is InChI=1S/C15H22N8/c1-16-15(18-11-14-19-12-20-21(14)2)23-9-7-22(8-10-23)13-5-3-4-6-17-13/h3-6,12H,7-11H2,1-2H3,(H,16,18). The highest BCUT2D eigenvalue weighted by Crippen LogP contribution is 2.12. The Balaban J connectivity index is 1.54. The van der Waals surface area contributed by atoms with Gasteiger partial charge in [0.2, 0.25) is 0 Å². The summed E-state index contributed by atoms with van der Waals surface area (Å²) in [7, 11) is 3.70. The number of aromatic nitrogens is 4. The van der Waals surface area contributed by atoms with E-state index in [1.54, 1.807) is 11.0 Å². The van der Waals surface area contributed by atoms with Gasteiger partial charge in [-0.05, 0) is 12.1 Å². The van der Waals surface area contributed by atoms with E-state index < -0.39 is 0 Å². The molecule has 0 aliphatic carbocycles. The Morgan fingerprint density at radius 2 is 2.04 bits per heavy atom. The normalized spacial score (nSPS) is 15.8. The first-order chi connectivity index (χ1) is 11.3. The predicted octanol–water partition coefficient (Wildman–Crippen LogP) is 0.108. The molecule has 0 bridgehead atoms. The van der Waals surface area contributed by atoms with E-state index in [1.165, 1.54) is 0 Å². The molecule has 1 saturated heterocycles. The maximum Gasteiger partial charge on any atom is 0.194 e. The molecule has 2 aromatic heterocycles. The Labute approximate surface area is 135 Å². The second kappa shape index (κ2) is 7.08. The molecule has 8 heteroatoms. The highest BCUT2D eigenvalue weighted by molar-refractivity contribution is 5.80. The van der Waals surface area contributed by atoms with Gasteiger partial charge in [0.15, 0.2) is 5.96 Å². The molecule has 8 nitrogen and oxygen atoms in total. The summed E-state index contributed by atoms with van der Waals surface area (Å²) in [5.74, 6) is 2.82. The topological polar surface area (TPSA) is 74.5 Å². The highest BCUT2D eigenvalue weighted by atomic mass is 15.4. The van der Waals surface area contributed by atoms with Crippen molar-refractivity contribution < 1.29 is 0 Å². The van der Waals surface area contributed by atoms with Crippen LogP contribution in [-0.2, 0) is 13.6 Å². The molecule has 3 rings (SSSR count). The Morgan fingerprint density at radius 3 is 2.65 bits per heavy atom. The summed E-state index contributed by atoms with van der Waals surface area (Å²) in [6.07, 6.45) is 3.40. The number of guanidine groups is 1. The molecule has 122 valence electrons.